The van der Waals surface area contributed by atoms with Gasteiger partial charge in [0.2, 0.25) is 15.9 Å². The van der Waals surface area contributed by atoms with Crippen LogP contribution in [0.3, 0.4) is 0 Å². The van der Waals surface area contributed by atoms with Crippen LogP contribution in [0.5, 0.6) is 5.75 Å². The lowest BCUT2D eigenvalue weighted by Crippen LogP contribution is -2.46. The Bertz CT molecular complexity index is 1200. The fourth-order valence-corrected chi connectivity index (χ4v) is 7.61. The zero-order valence-electron chi connectivity index (χ0n) is 21.6. The van der Waals surface area contributed by atoms with Crippen LogP contribution in [0.2, 0.25) is 5.02 Å². The van der Waals surface area contributed by atoms with Gasteiger partial charge < -0.3 is 19.5 Å². The highest BCUT2D eigenvalue weighted by molar-refractivity contribution is 7.89. The summed E-state index contributed by atoms with van der Waals surface area (Å²) in [5.74, 6) is 0.463. The van der Waals surface area contributed by atoms with E-state index in [4.69, 9.17) is 21.1 Å². The van der Waals surface area contributed by atoms with Crippen molar-refractivity contribution < 1.29 is 27.8 Å². The summed E-state index contributed by atoms with van der Waals surface area (Å²) in [7, 11) is -2.16. The molecule has 1 atom stereocenters. The van der Waals surface area contributed by atoms with Crippen molar-refractivity contribution in [3.63, 3.8) is 0 Å². The number of methoxy groups -OCH3 is 1. The molecule has 1 N–H and O–H groups in total. The summed E-state index contributed by atoms with van der Waals surface area (Å²) in [5, 5.41) is 11.6. The summed E-state index contributed by atoms with van der Waals surface area (Å²) in [4.78, 5) is 14.8. The van der Waals surface area contributed by atoms with E-state index in [0.717, 1.165) is 12.0 Å². The average molecular weight is 551 g/mol. The summed E-state index contributed by atoms with van der Waals surface area (Å²) in [6, 6.07) is 10.3. The molecule has 2 heterocycles. The van der Waals surface area contributed by atoms with Gasteiger partial charge in [-0.05, 0) is 80.5 Å². The minimum absolute atomic E-state index is 0.121. The van der Waals surface area contributed by atoms with Crippen LogP contribution in [0.4, 0.5) is 0 Å². The Balaban J connectivity index is 1.32. The van der Waals surface area contributed by atoms with E-state index in [-0.39, 0.29) is 25.2 Å². The number of carbonyl (C=O) groups is 1. The van der Waals surface area contributed by atoms with Gasteiger partial charge in [-0.15, -0.1) is 0 Å². The van der Waals surface area contributed by atoms with Gasteiger partial charge >= 0.3 is 0 Å². The van der Waals surface area contributed by atoms with Crippen LogP contribution in [0.25, 0.3) is 0 Å². The Morgan fingerprint density at radius 3 is 2.32 bits per heavy atom. The number of carbonyl (C=O) groups excluding carboxylic acids is 1. The molecule has 37 heavy (non-hydrogen) atoms. The Hall–Kier alpha value is -2.17. The second kappa shape index (κ2) is 11.3. The molecule has 2 aromatic carbocycles. The largest absolute Gasteiger partial charge is 0.497 e. The van der Waals surface area contributed by atoms with Gasteiger partial charge in [-0.3, -0.25) is 4.79 Å². The molecule has 0 saturated carbocycles. The third-order valence-electron chi connectivity index (χ3n) is 7.42. The van der Waals surface area contributed by atoms with Gasteiger partial charge in [0, 0.05) is 30.7 Å². The Labute approximate surface area is 224 Å². The molecule has 2 fully saturated rings. The number of aryl methyl sites for hydroxylation is 2. The average Bonchev–Trinajstić information content (AvgIpc) is 3.33. The number of ether oxygens (including phenoxy) is 2. The monoisotopic (exact) mass is 550 g/mol. The Morgan fingerprint density at radius 1 is 1.11 bits per heavy atom. The topological polar surface area (TPSA) is 96.4 Å². The minimum Gasteiger partial charge on any atom is -0.497 e. The van der Waals surface area contributed by atoms with Gasteiger partial charge in [-0.25, -0.2) is 8.42 Å². The zero-order valence-corrected chi connectivity index (χ0v) is 23.1. The van der Waals surface area contributed by atoms with Gasteiger partial charge in [-0.2, -0.15) is 4.31 Å². The number of sulfonamides is 1. The van der Waals surface area contributed by atoms with E-state index in [2.05, 4.69) is 0 Å². The first-order chi connectivity index (χ1) is 17.5. The van der Waals surface area contributed by atoms with Crippen molar-refractivity contribution in [1.29, 1.82) is 0 Å². The Morgan fingerprint density at radius 2 is 1.73 bits per heavy atom. The molecule has 2 aliphatic rings. The van der Waals surface area contributed by atoms with Gasteiger partial charge in [0.05, 0.1) is 24.2 Å². The van der Waals surface area contributed by atoms with Gasteiger partial charge in [0.25, 0.3) is 0 Å². The lowest BCUT2D eigenvalue weighted by molar-refractivity contribution is -0.141. The lowest BCUT2D eigenvalue weighted by Gasteiger charge is -2.38. The van der Waals surface area contributed by atoms with Crippen molar-refractivity contribution in [3.05, 3.63) is 58.1 Å². The molecule has 0 spiro atoms. The number of benzene rings is 2. The van der Waals surface area contributed by atoms with Crippen LogP contribution in [0.1, 0.15) is 42.4 Å². The van der Waals surface area contributed by atoms with E-state index < -0.39 is 15.6 Å². The summed E-state index contributed by atoms with van der Waals surface area (Å²) >= 11 is 5.96. The van der Waals surface area contributed by atoms with Crippen molar-refractivity contribution in [2.24, 2.45) is 0 Å². The van der Waals surface area contributed by atoms with Crippen molar-refractivity contribution in [3.8, 4) is 5.75 Å². The predicted molar refractivity (Wildman–Crippen MR) is 141 cm³/mol. The molecule has 0 bridgehead atoms. The van der Waals surface area contributed by atoms with E-state index >= 15 is 0 Å². The number of aliphatic hydroxyl groups is 1. The number of halogens is 1. The maximum Gasteiger partial charge on any atom is 0.248 e. The number of nitrogens with zero attached hydrogens (tertiary/aromatic N) is 2. The molecular weight excluding hydrogens is 516 g/mol. The van der Waals surface area contributed by atoms with Crippen LogP contribution in [0, 0.1) is 13.8 Å². The highest BCUT2D eigenvalue weighted by Crippen LogP contribution is 2.34. The molecule has 0 radical (unpaired) electrons. The molecule has 0 aliphatic carbocycles. The molecule has 1 amide bonds. The predicted octanol–water partition coefficient (Wildman–Crippen LogP) is 3.65. The van der Waals surface area contributed by atoms with Crippen molar-refractivity contribution in [2.75, 3.05) is 40.0 Å². The van der Waals surface area contributed by atoms with Crippen LogP contribution >= 0.6 is 11.6 Å². The molecule has 10 heteroatoms. The molecular formula is C27H35ClN2O6S. The molecule has 2 saturated heterocycles. The van der Waals surface area contributed by atoms with Crippen LogP contribution in [0.15, 0.2) is 41.3 Å². The molecule has 202 valence electrons. The van der Waals surface area contributed by atoms with Crippen LogP contribution in [-0.2, 0) is 25.2 Å². The quantitative estimate of drug-likeness (QED) is 0.539. The van der Waals surface area contributed by atoms with Gasteiger partial charge in [-0.1, -0.05) is 23.7 Å². The number of piperidine rings is 1. The lowest BCUT2D eigenvalue weighted by atomic mass is 9.84. The SMILES string of the molecule is COc1cc(C)c(S(=O)(=O)N2CCC[C@H]2COCC(=O)N2CCC(O)(c3ccc(Cl)cc3)CC2)c(C)c1. The maximum atomic E-state index is 13.6. The molecule has 0 unspecified atom stereocenters. The standard InChI is InChI=1S/C27H35ClN2O6S/c1-19-15-24(35-3)16-20(2)26(19)37(33,34)30-12-4-5-23(30)17-36-18-25(31)29-13-10-27(32,11-14-29)21-6-8-22(28)9-7-21/h6-9,15-16,23,32H,4-5,10-14,17-18H2,1-3H3/t23-/m0/s1. The van der Waals surface area contributed by atoms with Gasteiger partial charge in [0.1, 0.15) is 12.4 Å². The smallest absolute Gasteiger partial charge is 0.248 e. The highest BCUT2D eigenvalue weighted by atomic mass is 35.5. The fraction of sp³-hybridized carbons (Fsp3) is 0.519. The molecule has 8 nitrogen and oxygen atoms in total. The normalized spacial score (nSPS) is 20.2. The first-order valence-corrected chi connectivity index (χ1v) is 14.4. The minimum atomic E-state index is -3.72. The molecule has 2 aromatic rings. The third-order valence-corrected chi connectivity index (χ3v) is 9.93. The highest BCUT2D eigenvalue weighted by Gasteiger charge is 2.38. The number of rotatable bonds is 8. The fourth-order valence-electron chi connectivity index (χ4n) is 5.39. The third kappa shape index (κ3) is 5.96. The summed E-state index contributed by atoms with van der Waals surface area (Å²) in [6.45, 7) is 4.84. The number of likely N-dealkylation sites (tertiary alicyclic amines) is 1. The molecule has 4 rings (SSSR count). The van der Waals surface area contributed by atoms with E-state index in [0.29, 0.717) is 65.7 Å². The van der Waals surface area contributed by atoms with Crippen LogP contribution in [-0.4, -0.2) is 74.6 Å². The maximum absolute atomic E-state index is 13.6. The molecule has 0 aromatic heterocycles. The summed E-state index contributed by atoms with van der Waals surface area (Å²) < 4.78 is 39.6. The van der Waals surface area contributed by atoms with E-state index in [1.54, 1.807) is 50.1 Å². The van der Waals surface area contributed by atoms with Crippen molar-refractivity contribution in [2.45, 2.75) is 56.1 Å². The van der Waals surface area contributed by atoms with Crippen molar-refractivity contribution >= 4 is 27.5 Å². The summed E-state index contributed by atoms with van der Waals surface area (Å²) in [6.07, 6.45) is 2.27. The van der Waals surface area contributed by atoms with E-state index in [9.17, 15) is 18.3 Å². The first-order valence-electron chi connectivity index (χ1n) is 12.6. The first kappa shape index (κ1) is 27.9. The number of amides is 1. The number of hydrogen-bond acceptors (Lipinski definition) is 6. The van der Waals surface area contributed by atoms with Gasteiger partial charge in [0.15, 0.2) is 0 Å². The van der Waals surface area contributed by atoms with E-state index in [1.807, 2.05) is 12.1 Å². The summed E-state index contributed by atoms with van der Waals surface area (Å²) in [5.41, 5.74) is 1.09. The van der Waals surface area contributed by atoms with E-state index in [1.165, 1.54) is 4.31 Å². The van der Waals surface area contributed by atoms with Crippen molar-refractivity contribution in [1.82, 2.24) is 9.21 Å². The zero-order chi connectivity index (χ0) is 26.8. The van der Waals surface area contributed by atoms with Crippen LogP contribution < -0.4 is 4.74 Å². The molecule has 2 aliphatic heterocycles. The second-order valence-corrected chi connectivity index (χ2v) is 12.2. The number of hydrogen-bond donors (Lipinski definition) is 1. The Kier molecular flexibility index (Phi) is 8.50. The second-order valence-electron chi connectivity index (χ2n) is 9.94.